The third kappa shape index (κ3) is 2.09. The molecule has 0 aromatic rings. The van der Waals surface area contributed by atoms with Gasteiger partial charge in [0.15, 0.2) is 0 Å². The molecule has 0 aromatic heterocycles. The zero-order valence-electron chi connectivity index (χ0n) is 9.96. The van der Waals surface area contributed by atoms with Gasteiger partial charge < -0.3 is 14.7 Å². The highest BCUT2D eigenvalue weighted by molar-refractivity contribution is 5.92. The van der Waals surface area contributed by atoms with Crippen LogP contribution in [0.25, 0.3) is 0 Å². The van der Waals surface area contributed by atoms with Crippen molar-refractivity contribution >= 4 is 12.1 Å². The van der Waals surface area contributed by atoms with Gasteiger partial charge in [-0.2, -0.15) is 0 Å². The largest absolute Gasteiger partial charge is 0.465 e. The van der Waals surface area contributed by atoms with Crippen molar-refractivity contribution in [3.63, 3.8) is 0 Å². The van der Waals surface area contributed by atoms with E-state index in [0.717, 1.165) is 30.6 Å². The van der Waals surface area contributed by atoms with E-state index in [2.05, 4.69) is 0 Å². The van der Waals surface area contributed by atoms with Gasteiger partial charge in [-0.3, -0.25) is 0 Å². The van der Waals surface area contributed by atoms with Crippen LogP contribution in [-0.4, -0.2) is 59.4 Å². The summed E-state index contributed by atoms with van der Waals surface area (Å²) >= 11 is 0. The van der Waals surface area contributed by atoms with Crippen LogP contribution in [0.1, 0.15) is 25.7 Å². The Morgan fingerprint density at radius 3 is 2.82 bits per heavy atom. The first-order chi connectivity index (χ1) is 8.16. The van der Waals surface area contributed by atoms with Crippen molar-refractivity contribution in [3.05, 3.63) is 0 Å². The Labute approximate surface area is 100 Å². The second-order valence-electron chi connectivity index (χ2n) is 4.54. The highest BCUT2D eigenvalue weighted by atomic mass is 16.5. The van der Waals surface area contributed by atoms with Crippen LogP contribution in [0.5, 0.6) is 0 Å². The van der Waals surface area contributed by atoms with Gasteiger partial charge >= 0.3 is 12.1 Å². The Morgan fingerprint density at radius 1 is 1.47 bits per heavy atom. The van der Waals surface area contributed by atoms with Crippen LogP contribution < -0.4 is 0 Å². The minimum absolute atomic E-state index is 0.0791. The molecule has 6 nitrogen and oxygen atoms in total. The average molecular weight is 242 g/mol. The van der Waals surface area contributed by atoms with E-state index >= 15 is 0 Å². The second kappa shape index (κ2) is 4.91. The quantitative estimate of drug-likeness (QED) is 0.756. The van der Waals surface area contributed by atoms with E-state index in [1.54, 1.807) is 12.0 Å². The van der Waals surface area contributed by atoms with Crippen LogP contribution in [0.15, 0.2) is 0 Å². The number of ether oxygens (including phenoxy) is 1. The first-order valence-electron chi connectivity index (χ1n) is 5.98. The SMILES string of the molecule is COCCCN1C(=O)N(C(=O)O)C2CCCC21. The standard InChI is InChI=1S/C11H18N2O4/c1-17-7-3-6-12-8-4-2-5-9(8)13(10(12)14)11(15)16/h8-9H,2-7H2,1H3,(H,15,16). The number of hydrogen-bond donors (Lipinski definition) is 1. The second-order valence-corrected chi connectivity index (χ2v) is 4.54. The summed E-state index contributed by atoms with van der Waals surface area (Å²) in [5.41, 5.74) is 0. The topological polar surface area (TPSA) is 70.1 Å². The molecule has 2 aliphatic rings. The summed E-state index contributed by atoms with van der Waals surface area (Å²) in [6, 6.07) is -0.415. The number of urea groups is 1. The lowest BCUT2D eigenvalue weighted by Crippen LogP contribution is -2.39. The predicted octanol–water partition coefficient (Wildman–Crippen LogP) is 1.36. The Bertz CT molecular complexity index is 321. The van der Waals surface area contributed by atoms with Gasteiger partial charge in [0.1, 0.15) is 0 Å². The van der Waals surface area contributed by atoms with Crippen LogP contribution in [0.4, 0.5) is 9.59 Å². The van der Waals surface area contributed by atoms with Gasteiger partial charge in [-0.25, -0.2) is 14.5 Å². The van der Waals surface area contributed by atoms with Gasteiger partial charge in [-0.05, 0) is 25.7 Å². The first-order valence-corrected chi connectivity index (χ1v) is 5.98. The Morgan fingerprint density at radius 2 is 2.18 bits per heavy atom. The molecule has 0 radical (unpaired) electrons. The summed E-state index contributed by atoms with van der Waals surface area (Å²) in [7, 11) is 1.62. The molecule has 3 amide bonds. The van der Waals surface area contributed by atoms with Crippen molar-refractivity contribution in [2.45, 2.75) is 37.8 Å². The minimum Gasteiger partial charge on any atom is -0.465 e. The van der Waals surface area contributed by atoms with E-state index in [1.165, 1.54) is 0 Å². The van der Waals surface area contributed by atoms with Crippen LogP contribution in [0.3, 0.4) is 0 Å². The van der Waals surface area contributed by atoms with E-state index < -0.39 is 6.09 Å². The number of fused-ring (bicyclic) bond motifs is 1. The van der Waals surface area contributed by atoms with Crippen LogP contribution in [0, 0.1) is 0 Å². The number of nitrogens with zero attached hydrogens (tertiary/aromatic N) is 2. The lowest BCUT2D eigenvalue weighted by atomic mass is 10.1. The highest BCUT2D eigenvalue weighted by Gasteiger charge is 2.50. The lowest BCUT2D eigenvalue weighted by molar-refractivity contribution is 0.141. The molecular weight excluding hydrogens is 224 g/mol. The van der Waals surface area contributed by atoms with E-state index in [9.17, 15) is 9.59 Å². The summed E-state index contributed by atoms with van der Waals surface area (Å²) in [6.45, 7) is 1.17. The molecule has 1 heterocycles. The summed E-state index contributed by atoms with van der Waals surface area (Å²) < 4.78 is 4.95. The zero-order valence-corrected chi connectivity index (χ0v) is 9.96. The van der Waals surface area contributed by atoms with Gasteiger partial charge in [0, 0.05) is 20.3 Å². The normalized spacial score (nSPS) is 27.7. The number of carbonyl (C=O) groups is 2. The number of hydrogen-bond acceptors (Lipinski definition) is 3. The van der Waals surface area contributed by atoms with Gasteiger partial charge in [0.05, 0.1) is 12.1 Å². The third-order valence-electron chi connectivity index (χ3n) is 3.58. The molecule has 2 rings (SSSR count). The molecule has 1 N–H and O–H groups in total. The molecular formula is C11H18N2O4. The van der Waals surface area contributed by atoms with Crippen LogP contribution in [0.2, 0.25) is 0 Å². The Hall–Kier alpha value is -1.30. The molecule has 6 heteroatoms. The van der Waals surface area contributed by atoms with Crippen molar-refractivity contribution in [3.8, 4) is 0 Å². The van der Waals surface area contributed by atoms with Crippen molar-refractivity contribution in [2.75, 3.05) is 20.3 Å². The maximum absolute atomic E-state index is 12.0. The Kier molecular flexibility index (Phi) is 3.51. The minimum atomic E-state index is -1.12. The summed E-state index contributed by atoms with van der Waals surface area (Å²) in [6.07, 6.45) is 2.32. The molecule has 1 saturated heterocycles. The molecule has 96 valence electrons. The molecule has 1 aliphatic carbocycles. The number of rotatable bonds is 4. The maximum atomic E-state index is 12.0. The Balaban J connectivity index is 2.05. The van der Waals surface area contributed by atoms with Crippen LogP contribution in [-0.2, 0) is 4.74 Å². The fourth-order valence-corrected chi connectivity index (χ4v) is 2.87. The molecule has 0 bridgehead atoms. The molecule has 0 spiro atoms. The average Bonchev–Trinajstić information content (AvgIpc) is 2.80. The smallest absolute Gasteiger partial charge is 0.415 e. The number of amides is 3. The van der Waals surface area contributed by atoms with Gasteiger partial charge in [-0.15, -0.1) is 0 Å². The van der Waals surface area contributed by atoms with Crippen molar-refractivity contribution in [1.29, 1.82) is 0 Å². The van der Waals surface area contributed by atoms with E-state index in [-0.39, 0.29) is 18.1 Å². The fourth-order valence-electron chi connectivity index (χ4n) is 2.87. The van der Waals surface area contributed by atoms with Crippen molar-refractivity contribution in [2.24, 2.45) is 0 Å². The number of carbonyl (C=O) groups excluding carboxylic acids is 1. The van der Waals surface area contributed by atoms with E-state index in [0.29, 0.717) is 13.2 Å². The van der Waals surface area contributed by atoms with Crippen molar-refractivity contribution < 1.29 is 19.4 Å². The molecule has 1 saturated carbocycles. The molecule has 1 aliphatic heterocycles. The van der Waals surface area contributed by atoms with Crippen LogP contribution >= 0.6 is 0 Å². The number of imide groups is 1. The number of carboxylic acid groups (broad SMARTS) is 1. The molecule has 17 heavy (non-hydrogen) atoms. The lowest BCUT2D eigenvalue weighted by Gasteiger charge is -2.21. The summed E-state index contributed by atoms with van der Waals surface area (Å²) in [4.78, 5) is 25.8. The summed E-state index contributed by atoms with van der Waals surface area (Å²) in [5, 5.41) is 9.07. The van der Waals surface area contributed by atoms with Gasteiger partial charge in [0.2, 0.25) is 0 Å². The third-order valence-corrected chi connectivity index (χ3v) is 3.58. The summed E-state index contributed by atoms with van der Waals surface area (Å²) in [5.74, 6) is 0. The maximum Gasteiger partial charge on any atom is 0.415 e. The van der Waals surface area contributed by atoms with E-state index in [1.807, 2.05) is 0 Å². The number of methoxy groups -OCH3 is 1. The molecule has 2 unspecified atom stereocenters. The van der Waals surface area contributed by atoms with Gasteiger partial charge in [-0.1, -0.05) is 0 Å². The van der Waals surface area contributed by atoms with Gasteiger partial charge in [0.25, 0.3) is 0 Å². The van der Waals surface area contributed by atoms with Crippen molar-refractivity contribution in [1.82, 2.24) is 9.80 Å². The molecule has 2 atom stereocenters. The predicted molar refractivity (Wildman–Crippen MR) is 59.9 cm³/mol. The van der Waals surface area contributed by atoms with E-state index in [4.69, 9.17) is 9.84 Å². The molecule has 0 aromatic carbocycles. The molecule has 2 fully saturated rings. The first kappa shape index (κ1) is 12.2. The monoisotopic (exact) mass is 242 g/mol. The zero-order chi connectivity index (χ0) is 12.4. The highest BCUT2D eigenvalue weighted by Crippen LogP contribution is 2.35. The fraction of sp³-hybridized carbons (Fsp3) is 0.818.